The summed E-state index contributed by atoms with van der Waals surface area (Å²) in [6.07, 6.45) is 2.48. The van der Waals surface area contributed by atoms with Crippen molar-refractivity contribution in [2.24, 2.45) is 0 Å². The Morgan fingerprint density at radius 2 is 2.00 bits per heavy atom. The molecule has 6 nitrogen and oxygen atoms in total. The molecule has 1 fully saturated rings. The van der Waals surface area contributed by atoms with Gasteiger partial charge in [-0.25, -0.2) is 0 Å². The second kappa shape index (κ2) is 8.18. The summed E-state index contributed by atoms with van der Waals surface area (Å²) >= 11 is 2.75. The number of anilines is 1. The molecule has 0 radical (unpaired) electrons. The van der Waals surface area contributed by atoms with Crippen LogP contribution in [0.1, 0.15) is 43.5 Å². The van der Waals surface area contributed by atoms with Gasteiger partial charge in [0.2, 0.25) is 11.0 Å². The molecule has 1 aliphatic rings. The summed E-state index contributed by atoms with van der Waals surface area (Å²) in [5.74, 6) is 0.817. The molecule has 1 heterocycles. The van der Waals surface area contributed by atoms with E-state index in [9.17, 15) is 9.59 Å². The zero-order valence-electron chi connectivity index (χ0n) is 15.0. The normalized spacial score (nSPS) is 14.7. The molecule has 1 aromatic carbocycles. The lowest BCUT2D eigenvalue weighted by atomic mass is 10.1. The zero-order chi connectivity index (χ0) is 18.7. The van der Waals surface area contributed by atoms with Crippen molar-refractivity contribution in [3.05, 3.63) is 29.8 Å². The number of carbonyl (C=O) groups is 2. The van der Waals surface area contributed by atoms with E-state index in [1.807, 2.05) is 13.8 Å². The highest BCUT2D eigenvalue weighted by atomic mass is 32.2. The molecule has 1 aromatic heterocycles. The summed E-state index contributed by atoms with van der Waals surface area (Å²) in [5, 5.41) is 8.69. The van der Waals surface area contributed by atoms with Crippen LogP contribution in [0, 0.1) is 0 Å². The van der Waals surface area contributed by atoms with E-state index in [0.717, 1.165) is 18.6 Å². The average molecular weight is 392 g/mol. The summed E-state index contributed by atoms with van der Waals surface area (Å²) in [6.45, 7) is 3.71. The van der Waals surface area contributed by atoms with Crippen LogP contribution in [0.4, 0.5) is 5.13 Å². The van der Waals surface area contributed by atoms with E-state index >= 15 is 0 Å². The number of Topliss-reactive ketones (excluding diaryl/α,β-unsaturated/α-hetero) is 1. The summed E-state index contributed by atoms with van der Waals surface area (Å²) in [5.41, 5.74) is 0.635. The number of ketones is 1. The van der Waals surface area contributed by atoms with Gasteiger partial charge in [0.25, 0.3) is 0 Å². The number of ether oxygens (including phenoxy) is 1. The first-order valence-electron chi connectivity index (χ1n) is 8.54. The molecule has 0 spiro atoms. The third kappa shape index (κ3) is 4.24. The minimum absolute atomic E-state index is 0.0260. The van der Waals surface area contributed by atoms with Crippen molar-refractivity contribution >= 4 is 39.9 Å². The first-order chi connectivity index (χ1) is 12.5. The molecule has 138 valence electrons. The van der Waals surface area contributed by atoms with Gasteiger partial charge in [-0.15, -0.1) is 10.2 Å². The number of hydrogen-bond donors (Lipinski definition) is 0. The Hall–Kier alpha value is -1.93. The monoisotopic (exact) mass is 391 g/mol. The van der Waals surface area contributed by atoms with Gasteiger partial charge in [0.1, 0.15) is 5.75 Å². The maximum atomic E-state index is 12.6. The third-order valence-corrected chi connectivity index (χ3v) is 6.21. The fourth-order valence-corrected chi connectivity index (χ4v) is 4.66. The van der Waals surface area contributed by atoms with Gasteiger partial charge in [0.15, 0.2) is 10.1 Å². The Labute approximate surface area is 160 Å². The van der Waals surface area contributed by atoms with Crippen LogP contribution in [0.5, 0.6) is 5.75 Å². The summed E-state index contributed by atoms with van der Waals surface area (Å²) in [4.78, 5) is 26.5. The minimum atomic E-state index is -0.291. The lowest BCUT2D eigenvalue weighted by molar-refractivity contribution is -0.118. The molecule has 1 amide bonds. The molecule has 1 unspecified atom stereocenters. The first kappa shape index (κ1) is 18.8. The Kier molecular flexibility index (Phi) is 5.93. The van der Waals surface area contributed by atoms with Gasteiger partial charge in [-0.1, -0.05) is 30.0 Å². The number of carbonyl (C=O) groups excluding carboxylic acids is 2. The predicted molar refractivity (Wildman–Crippen MR) is 103 cm³/mol. The van der Waals surface area contributed by atoms with Crippen molar-refractivity contribution in [3.8, 4) is 5.75 Å². The van der Waals surface area contributed by atoms with Crippen molar-refractivity contribution < 1.29 is 14.3 Å². The van der Waals surface area contributed by atoms with Crippen LogP contribution in [-0.2, 0) is 4.79 Å². The molecule has 26 heavy (non-hydrogen) atoms. The van der Waals surface area contributed by atoms with Gasteiger partial charge in [0, 0.05) is 18.0 Å². The van der Waals surface area contributed by atoms with Crippen LogP contribution < -0.4 is 9.64 Å². The summed E-state index contributed by atoms with van der Waals surface area (Å²) in [6, 6.07) is 7.33. The summed E-state index contributed by atoms with van der Waals surface area (Å²) in [7, 11) is 1.59. The number of amides is 1. The average Bonchev–Trinajstić information content (AvgIpc) is 3.40. The van der Waals surface area contributed by atoms with E-state index in [1.165, 1.54) is 23.1 Å². The third-order valence-electron chi connectivity index (χ3n) is 4.11. The van der Waals surface area contributed by atoms with Crippen LogP contribution in [0.15, 0.2) is 28.6 Å². The zero-order valence-corrected chi connectivity index (χ0v) is 16.6. The van der Waals surface area contributed by atoms with Gasteiger partial charge in [-0.05, 0) is 44.0 Å². The van der Waals surface area contributed by atoms with E-state index in [1.54, 1.807) is 36.3 Å². The predicted octanol–water partition coefficient (Wildman–Crippen LogP) is 3.82. The fourth-order valence-electron chi connectivity index (χ4n) is 2.51. The second-order valence-corrected chi connectivity index (χ2v) is 8.60. The molecule has 1 saturated carbocycles. The topological polar surface area (TPSA) is 72.4 Å². The molecule has 3 rings (SSSR count). The number of rotatable bonds is 8. The number of hydrogen-bond acceptors (Lipinski definition) is 7. The molecule has 0 bridgehead atoms. The number of nitrogens with zero attached hydrogens (tertiary/aromatic N) is 3. The maximum absolute atomic E-state index is 12.6. The van der Waals surface area contributed by atoms with Gasteiger partial charge >= 0.3 is 0 Å². The Morgan fingerprint density at radius 1 is 1.31 bits per heavy atom. The standard InChI is InChI=1S/C18H21N3O3S2/c1-4-15(22)21(13-7-8-13)17-19-20-18(26-17)25-11(2)16(23)12-5-9-14(24-3)10-6-12/h5-6,9-11,13H,4,7-8H2,1-3H3. The number of thioether (sulfide) groups is 1. The van der Waals surface area contributed by atoms with Crippen molar-refractivity contribution in [2.45, 2.75) is 48.7 Å². The smallest absolute Gasteiger partial charge is 0.228 e. The van der Waals surface area contributed by atoms with Crippen LogP contribution >= 0.6 is 23.1 Å². The largest absolute Gasteiger partial charge is 0.497 e. The van der Waals surface area contributed by atoms with Crippen LogP contribution in [0.3, 0.4) is 0 Å². The summed E-state index contributed by atoms with van der Waals surface area (Å²) < 4.78 is 5.82. The fraction of sp³-hybridized carbons (Fsp3) is 0.444. The molecule has 0 aliphatic heterocycles. The molecular formula is C18H21N3O3S2. The lowest BCUT2D eigenvalue weighted by Gasteiger charge is -2.17. The van der Waals surface area contributed by atoms with Crippen LogP contribution in [0.25, 0.3) is 0 Å². The van der Waals surface area contributed by atoms with E-state index in [4.69, 9.17) is 4.74 Å². The molecule has 1 atom stereocenters. The highest BCUT2D eigenvalue weighted by molar-refractivity contribution is 8.02. The van der Waals surface area contributed by atoms with E-state index < -0.39 is 0 Å². The molecule has 0 N–H and O–H groups in total. The number of benzene rings is 1. The van der Waals surface area contributed by atoms with Crippen molar-refractivity contribution in [1.29, 1.82) is 0 Å². The lowest BCUT2D eigenvalue weighted by Crippen LogP contribution is -2.32. The SMILES string of the molecule is CCC(=O)N(c1nnc(SC(C)C(=O)c2ccc(OC)cc2)s1)C1CC1. The van der Waals surface area contributed by atoms with E-state index in [2.05, 4.69) is 10.2 Å². The minimum Gasteiger partial charge on any atom is -0.497 e. The molecule has 2 aromatic rings. The van der Waals surface area contributed by atoms with E-state index in [-0.39, 0.29) is 23.0 Å². The molecular weight excluding hydrogens is 370 g/mol. The quantitative estimate of drug-likeness (QED) is 0.387. The Bertz CT molecular complexity index is 787. The Morgan fingerprint density at radius 3 is 2.58 bits per heavy atom. The van der Waals surface area contributed by atoms with Crippen molar-refractivity contribution in [3.63, 3.8) is 0 Å². The number of methoxy groups -OCH3 is 1. The van der Waals surface area contributed by atoms with Crippen molar-refractivity contribution in [1.82, 2.24) is 10.2 Å². The highest BCUT2D eigenvalue weighted by Crippen LogP contribution is 2.37. The van der Waals surface area contributed by atoms with Crippen molar-refractivity contribution in [2.75, 3.05) is 12.0 Å². The van der Waals surface area contributed by atoms with Crippen LogP contribution in [-0.4, -0.2) is 40.3 Å². The molecule has 8 heteroatoms. The maximum Gasteiger partial charge on any atom is 0.228 e. The van der Waals surface area contributed by atoms with Gasteiger partial charge in [-0.2, -0.15) is 0 Å². The first-order valence-corrected chi connectivity index (χ1v) is 10.2. The van der Waals surface area contributed by atoms with E-state index in [0.29, 0.717) is 21.5 Å². The number of aromatic nitrogens is 2. The Balaban J connectivity index is 1.67. The van der Waals surface area contributed by atoms with Gasteiger partial charge in [-0.3, -0.25) is 14.5 Å². The van der Waals surface area contributed by atoms with Gasteiger partial charge < -0.3 is 4.74 Å². The van der Waals surface area contributed by atoms with Crippen LogP contribution in [0.2, 0.25) is 0 Å². The molecule has 1 aliphatic carbocycles. The molecule has 0 saturated heterocycles. The van der Waals surface area contributed by atoms with Gasteiger partial charge in [0.05, 0.1) is 12.4 Å². The highest BCUT2D eigenvalue weighted by Gasteiger charge is 2.35. The second-order valence-electron chi connectivity index (χ2n) is 6.05.